The molecule has 2 heterocycles. The van der Waals surface area contributed by atoms with Crippen molar-refractivity contribution in [2.75, 3.05) is 12.4 Å². The van der Waals surface area contributed by atoms with Gasteiger partial charge in [-0.1, -0.05) is 6.92 Å². The van der Waals surface area contributed by atoms with Gasteiger partial charge in [-0.25, -0.2) is 9.59 Å². The van der Waals surface area contributed by atoms with E-state index in [0.717, 1.165) is 0 Å². The van der Waals surface area contributed by atoms with Gasteiger partial charge in [0.05, 0.1) is 6.26 Å². The van der Waals surface area contributed by atoms with Crippen molar-refractivity contribution in [2.24, 2.45) is 0 Å². The molecular weight excluding hydrogens is 374 g/mol. The molecule has 4 amide bonds. The van der Waals surface area contributed by atoms with Crippen LogP contribution in [0.15, 0.2) is 22.8 Å². The Bertz CT molecular complexity index is 693. The number of hydrogen-bond acceptors (Lipinski definition) is 7. The van der Waals surface area contributed by atoms with Gasteiger partial charge in [-0.3, -0.25) is 14.9 Å². The summed E-state index contributed by atoms with van der Waals surface area (Å²) in [4.78, 5) is 49.1. The molecule has 0 radical (unpaired) electrons. The lowest BCUT2D eigenvalue weighted by Gasteiger charge is -2.25. The van der Waals surface area contributed by atoms with E-state index in [1.54, 1.807) is 19.1 Å². The molecule has 0 saturated carbocycles. The normalized spacial score (nSPS) is 20.0. The quantitative estimate of drug-likeness (QED) is 0.697. The summed E-state index contributed by atoms with van der Waals surface area (Å²) in [6.45, 7) is 4.44. The number of rotatable bonds is 6. The van der Waals surface area contributed by atoms with Crippen LogP contribution in [0.1, 0.15) is 38.3 Å². The number of carbonyl (C=O) groups is 4. The summed E-state index contributed by atoms with van der Waals surface area (Å²) in [5, 5.41) is 4.23. The minimum absolute atomic E-state index is 0.0847. The van der Waals surface area contributed by atoms with E-state index in [1.807, 2.05) is 6.92 Å². The number of nitrogens with one attached hydrogen (secondary N) is 2. The zero-order chi connectivity index (χ0) is 20.0. The predicted octanol–water partition coefficient (Wildman–Crippen LogP) is 1.41. The summed E-state index contributed by atoms with van der Waals surface area (Å²) < 4.78 is 10.3. The SMILES string of the molecule is CC[C@@H](C)NC(=O)NC(=O)COC(=O)[C@@H]1CS[C@H](c2ccco2)N1C(C)=O. The molecule has 2 rings (SSSR count). The van der Waals surface area contributed by atoms with Crippen LogP contribution >= 0.6 is 11.8 Å². The fourth-order valence-corrected chi connectivity index (χ4v) is 3.90. The zero-order valence-electron chi connectivity index (χ0n) is 15.4. The zero-order valence-corrected chi connectivity index (χ0v) is 16.2. The Morgan fingerprint density at radius 2 is 2.15 bits per heavy atom. The average Bonchev–Trinajstić information content (AvgIpc) is 3.28. The maximum absolute atomic E-state index is 12.3. The molecule has 1 aliphatic heterocycles. The Kier molecular flexibility index (Phi) is 7.28. The maximum atomic E-state index is 12.3. The van der Waals surface area contributed by atoms with Gasteiger partial charge in [0.25, 0.3) is 5.91 Å². The van der Waals surface area contributed by atoms with Gasteiger partial charge in [0.2, 0.25) is 5.91 Å². The number of imide groups is 1. The number of urea groups is 1. The minimum atomic E-state index is -0.829. The number of amides is 4. The summed E-state index contributed by atoms with van der Waals surface area (Å²) in [6.07, 6.45) is 2.21. The molecule has 0 unspecified atom stereocenters. The van der Waals surface area contributed by atoms with Gasteiger partial charge in [-0.15, -0.1) is 11.8 Å². The Labute approximate surface area is 161 Å². The lowest BCUT2D eigenvalue weighted by Crippen LogP contribution is -2.46. The van der Waals surface area contributed by atoms with E-state index in [4.69, 9.17) is 9.15 Å². The third-order valence-electron chi connectivity index (χ3n) is 4.01. The predicted molar refractivity (Wildman–Crippen MR) is 97.6 cm³/mol. The van der Waals surface area contributed by atoms with Crippen molar-refractivity contribution in [3.63, 3.8) is 0 Å². The first-order valence-corrected chi connectivity index (χ1v) is 9.59. The van der Waals surface area contributed by atoms with Crippen LogP contribution in [0.3, 0.4) is 0 Å². The van der Waals surface area contributed by atoms with Gasteiger partial charge in [-0.05, 0) is 25.5 Å². The van der Waals surface area contributed by atoms with Crippen LogP contribution in [0.4, 0.5) is 4.79 Å². The van der Waals surface area contributed by atoms with Crippen molar-refractivity contribution in [1.82, 2.24) is 15.5 Å². The number of esters is 1. The van der Waals surface area contributed by atoms with Gasteiger partial charge in [0.1, 0.15) is 17.2 Å². The number of ether oxygens (including phenoxy) is 1. The van der Waals surface area contributed by atoms with Gasteiger partial charge in [0, 0.05) is 18.7 Å². The molecular formula is C17H23N3O6S. The summed E-state index contributed by atoms with van der Waals surface area (Å²) in [5.41, 5.74) is 0. The average molecular weight is 397 g/mol. The van der Waals surface area contributed by atoms with Crippen molar-refractivity contribution in [1.29, 1.82) is 0 Å². The number of nitrogens with zero attached hydrogens (tertiary/aromatic N) is 1. The van der Waals surface area contributed by atoms with Crippen molar-refractivity contribution < 1.29 is 28.3 Å². The lowest BCUT2D eigenvalue weighted by atomic mass is 10.2. The highest BCUT2D eigenvalue weighted by Gasteiger charge is 2.43. The fourth-order valence-electron chi connectivity index (χ4n) is 2.48. The van der Waals surface area contributed by atoms with E-state index >= 15 is 0 Å². The van der Waals surface area contributed by atoms with E-state index in [1.165, 1.54) is 29.8 Å². The molecule has 0 aromatic carbocycles. The topological polar surface area (TPSA) is 118 Å². The second kappa shape index (κ2) is 9.45. The second-order valence-electron chi connectivity index (χ2n) is 6.08. The van der Waals surface area contributed by atoms with Crippen molar-refractivity contribution in [3.05, 3.63) is 24.2 Å². The van der Waals surface area contributed by atoms with E-state index < -0.39 is 35.9 Å². The molecule has 27 heavy (non-hydrogen) atoms. The van der Waals surface area contributed by atoms with Crippen LogP contribution < -0.4 is 10.6 Å². The summed E-state index contributed by atoms with van der Waals surface area (Å²) in [5.74, 6) is -0.874. The molecule has 1 fully saturated rings. The molecule has 0 aliphatic carbocycles. The Morgan fingerprint density at radius 3 is 2.74 bits per heavy atom. The van der Waals surface area contributed by atoms with Crippen molar-refractivity contribution in [2.45, 2.75) is 44.6 Å². The lowest BCUT2D eigenvalue weighted by molar-refractivity contribution is -0.156. The van der Waals surface area contributed by atoms with Gasteiger partial charge >= 0.3 is 12.0 Å². The third kappa shape index (κ3) is 5.49. The largest absolute Gasteiger partial charge is 0.466 e. The highest BCUT2D eigenvalue weighted by molar-refractivity contribution is 7.99. The molecule has 0 bridgehead atoms. The summed E-state index contributed by atoms with van der Waals surface area (Å²) in [7, 11) is 0. The molecule has 1 aromatic rings. The minimum Gasteiger partial charge on any atom is -0.466 e. The van der Waals surface area contributed by atoms with Crippen molar-refractivity contribution >= 4 is 35.6 Å². The first-order valence-electron chi connectivity index (χ1n) is 8.54. The first-order chi connectivity index (χ1) is 12.8. The smallest absolute Gasteiger partial charge is 0.330 e. The van der Waals surface area contributed by atoms with Crippen LogP contribution in [0.5, 0.6) is 0 Å². The van der Waals surface area contributed by atoms with Crippen LogP contribution in [0, 0.1) is 0 Å². The Morgan fingerprint density at radius 1 is 1.41 bits per heavy atom. The number of carbonyl (C=O) groups excluding carboxylic acids is 4. The standard InChI is InChI=1S/C17H23N3O6S/c1-4-10(2)18-17(24)19-14(22)8-26-16(23)12-9-27-15(20(12)11(3)21)13-6-5-7-25-13/h5-7,10,12,15H,4,8-9H2,1-3H3,(H2,18,19,22,24)/t10-,12+,15-/m1/s1. The first kappa shape index (κ1) is 20.8. The maximum Gasteiger partial charge on any atom is 0.330 e. The molecule has 3 atom stereocenters. The molecule has 1 saturated heterocycles. The van der Waals surface area contributed by atoms with Gasteiger partial charge < -0.3 is 19.4 Å². The van der Waals surface area contributed by atoms with Gasteiger partial charge in [0.15, 0.2) is 6.61 Å². The summed E-state index contributed by atoms with van der Waals surface area (Å²) >= 11 is 1.37. The molecule has 2 N–H and O–H groups in total. The number of hydrogen-bond donors (Lipinski definition) is 2. The molecule has 148 valence electrons. The summed E-state index contributed by atoms with van der Waals surface area (Å²) in [6, 6.07) is 1.87. The molecule has 1 aliphatic rings. The molecule has 0 spiro atoms. The fraction of sp³-hybridized carbons (Fsp3) is 0.529. The Hall–Kier alpha value is -2.49. The Balaban J connectivity index is 1.88. The van der Waals surface area contributed by atoms with Crippen LogP contribution in [-0.2, 0) is 19.1 Å². The molecule has 9 nitrogen and oxygen atoms in total. The van der Waals surface area contributed by atoms with E-state index in [9.17, 15) is 19.2 Å². The van der Waals surface area contributed by atoms with Crippen LogP contribution in [0.2, 0.25) is 0 Å². The number of thioether (sulfide) groups is 1. The molecule has 10 heteroatoms. The highest BCUT2D eigenvalue weighted by Crippen LogP contribution is 2.41. The van der Waals surface area contributed by atoms with Crippen LogP contribution in [-0.4, -0.2) is 53.2 Å². The number of furan rings is 1. The van der Waals surface area contributed by atoms with E-state index in [2.05, 4.69) is 10.6 Å². The van der Waals surface area contributed by atoms with E-state index in [0.29, 0.717) is 17.9 Å². The van der Waals surface area contributed by atoms with Gasteiger partial charge in [-0.2, -0.15) is 0 Å². The van der Waals surface area contributed by atoms with Crippen molar-refractivity contribution in [3.8, 4) is 0 Å². The monoisotopic (exact) mass is 397 g/mol. The van der Waals surface area contributed by atoms with E-state index in [-0.39, 0.29) is 11.9 Å². The second-order valence-corrected chi connectivity index (χ2v) is 7.20. The molecule has 1 aromatic heterocycles. The van der Waals surface area contributed by atoms with Crippen LogP contribution in [0.25, 0.3) is 0 Å². The highest BCUT2D eigenvalue weighted by atomic mass is 32.2. The third-order valence-corrected chi connectivity index (χ3v) is 5.29.